The molecule has 0 bridgehead atoms. The van der Waals surface area contributed by atoms with Crippen molar-refractivity contribution in [3.8, 4) is 11.5 Å². The molecule has 12 nitrogen and oxygen atoms in total. The van der Waals surface area contributed by atoms with Gasteiger partial charge in [-0.05, 0) is 36.8 Å². The van der Waals surface area contributed by atoms with E-state index in [1.165, 1.54) is 19.2 Å². The van der Waals surface area contributed by atoms with E-state index < -0.39 is 41.7 Å². The van der Waals surface area contributed by atoms with Gasteiger partial charge in [-0.1, -0.05) is 23.8 Å². The summed E-state index contributed by atoms with van der Waals surface area (Å²) in [4.78, 5) is 63.4. The van der Waals surface area contributed by atoms with E-state index in [1.807, 2.05) is 6.92 Å². The summed E-state index contributed by atoms with van der Waals surface area (Å²) in [7, 11) is 1.19. The van der Waals surface area contributed by atoms with Gasteiger partial charge >= 0.3 is 24.1 Å². The first-order valence-electron chi connectivity index (χ1n) is 10.3. The first-order chi connectivity index (χ1) is 16.4. The Bertz CT molecular complexity index is 1210. The van der Waals surface area contributed by atoms with Crippen LogP contribution in [-0.4, -0.2) is 53.2 Å². The number of urea groups is 1. The number of carbonyl (C=O) groups is 5. The minimum atomic E-state index is -2.22. The maximum atomic E-state index is 13.5. The second-order valence-electron chi connectivity index (χ2n) is 7.88. The molecule has 1 fully saturated rings. The predicted molar refractivity (Wildman–Crippen MR) is 122 cm³/mol. The number of esters is 2. The number of carboxylic acid groups (broad SMARTS) is 1. The van der Waals surface area contributed by atoms with Crippen LogP contribution in [0.4, 0.5) is 15.3 Å². The van der Waals surface area contributed by atoms with Crippen molar-refractivity contribution in [1.29, 1.82) is 0 Å². The average Bonchev–Trinajstić information content (AvgIpc) is 2.77. The van der Waals surface area contributed by atoms with Crippen LogP contribution in [-0.2, 0) is 19.9 Å². The van der Waals surface area contributed by atoms with Crippen molar-refractivity contribution in [2.24, 2.45) is 5.73 Å². The largest absolute Gasteiger partial charge is 0.465 e. The topological polar surface area (TPSA) is 169 Å². The van der Waals surface area contributed by atoms with Gasteiger partial charge < -0.3 is 25.6 Å². The first kappa shape index (κ1) is 25.2. The van der Waals surface area contributed by atoms with E-state index in [0.29, 0.717) is 5.69 Å². The molecule has 0 spiro atoms. The van der Waals surface area contributed by atoms with E-state index in [-0.39, 0.29) is 17.1 Å². The smallest absolute Gasteiger partial charge is 0.405 e. The van der Waals surface area contributed by atoms with Crippen LogP contribution >= 0.6 is 0 Å². The van der Waals surface area contributed by atoms with E-state index in [0.717, 1.165) is 35.3 Å². The summed E-state index contributed by atoms with van der Waals surface area (Å²) in [6.07, 6.45) is -3.15. The second kappa shape index (κ2) is 9.43. The molecule has 1 heterocycles. The summed E-state index contributed by atoms with van der Waals surface area (Å²) in [5.74, 6) is -2.82. The van der Waals surface area contributed by atoms with Crippen LogP contribution in [0.2, 0.25) is 0 Å². The molecule has 0 aliphatic carbocycles. The van der Waals surface area contributed by atoms with Crippen molar-refractivity contribution >= 4 is 35.7 Å². The van der Waals surface area contributed by atoms with Gasteiger partial charge in [-0.3, -0.25) is 24.2 Å². The molecule has 4 N–H and O–H groups in total. The van der Waals surface area contributed by atoms with Gasteiger partial charge in [0, 0.05) is 26.6 Å². The molecular weight excluding hydrogens is 460 g/mol. The number of hydrogen-bond acceptors (Lipinski definition) is 8. The first-order valence-corrected chi connectivity index (χ1v) is 10.3. The molecule has 3 rings (SSSR count). The monoisotopic (exact) mass is 484 g/mol. The molecule has 1 aliphatic heterocycles. The standard InChI is InChI=1S/C23H24N4O8/c1-12-5-8-16(9-6-12)27-19(24)23(25-21(31)32,20(30)26(4)22(27)33)15-7-10-17(34-13(2)28)18(11-15)35-14(3)29/h5-11,19,25H,24H2,1-4H3,(H,31,32). The summed E-state index contributed by atoms with van der Waals surface area (Å²) in [5, 5.41) is 11.8. The summed E-state index contributed by atoms with van der Waals surface area (Å²) in [5.41, 5.74) is 5.41. The van der Waals surface area contributed by atoms with Gasteiger partial charge in [0.15, 0.2) is 17.0 Å². The van der Waals surface area contributed by atoms with Crippen molar-refractivity contribution in [2.75, 3.05) is 11.9 Å². The second-order valence-corrected chi connectivity index (χ2v) is 7.88. The average molecular weight is 484 g/mol. The summed E-state index contributed by atoms with van der Waals surface area (Å²) < 4.78 is 10.2. The van der Waals surface area contributed by atoms with E-state index in [1.54, 1.807) is 24.3 Å². The molecule has 1 saturated heterocycles. The predicted octanol–water partition coefficient (Wildman–Crippen LogP) is 1.69. The Hall–Kier alpha value is -4.45. The zero-order chi connectivity index (χ0) is 26.1. The van der Waals surface area contributed by atoms with Crippen molar-refractivity contribution < 1.29 is 38.6 Å². The van der Waals surface area contributed by atoms with Gasteiger partial charge in [0.1, 0.15) is 6.17 Å². The molecule has 184 valence electrons. The number of nitrogens with two attached hydrogens (primary N) is 1. The highest BCUT2D eigenvalue weighted by Gasteiger charge is 2.58. The molecule has 1 aliphatic rings. The third kappa shape index (κ3) is 4.64. The lowest BCUT2D eigenvalue weighted by Crippen LogP contribution is -2.76. The zero-order valence-electron chi connectivity index (χ0n) is 19.4. The molecule has 0 radical (unpaired) electrons. The summed E-state index contributed by atoms with van der Waals surface area (Å²) in [6.45, 7) is 4.09. The van der Waals surface area contributed by atoms with Crippen molar-refractivity contribution in [3.63, 3.8) is 0 Å². The normalized spacial score (nSPS) is 19.9. The highest BCUT2D eigenvalue weighted by molar-refractivity contribution is 6.11. The summed E-state index contributed by atoms with van der Waals surface area (Å²) >= 11 is 0. The number of carbonyl (C=O) groups excluding carboxylic acids is 4. The number of amides is 4. The lowest BCUT2D eigenvalue weighted by Gasteiger charge is -2.49. The molecule has 35 heavy (non-hydrogen) atoms. The number of rotatable bonds is 5. The fourth-order valence-corrected chi connectivity index (χ4v) is 3.82. The molecule has 4 amide bonds. The molecule has 2 aromatic rings. The van der Waals surface area contributed by atoms with Gasteiger partial charge in [0.2, 0.25) is 0 Å². The number of imide groups is 1. The number of anilines is 1. The number of ether oxygens (including phenoxy) is 2. The number of nitrogens with one attached hydrogen (secondary N) is 1. The minimum absolute atomic E-state index is 0.0546. The van der Waals surface area contributed by atoms with E-state index in [2.05, 4.69) is 5.32 Å². The Labute approximate surface area is 200 Å². The lowest BCUT2D eigenvalue weighted by molar-refractivity contribution is -0.137. The fourth-order valence-electron chi connectivity index (χ4n) is 3.82. The third-order valence-corrected chi connectivity index (χ3v) is 5.38. The molecule has 2 atom stereocenters. The summed E-state index contributed by atoms with van der Waals surface area (Å²) in [6, 6.07) is 9.57. The number of benzene rings is 2. The molecule has 12 heteroatoms. The maximum Gasteiger partial charge on any atom is 0.405 e. The maximum absolute atomic E-state index is 13.5. The molecule has 0 saturated carbocycles. The van der Waals surface area contributed by atoms with Crippen LogP contribution < -0.4 is 25.4 Å². The van der Waals surface area contributed by atoms with E-state index in [9.17, 15) is 29.1 Å². The Morgan fingerprint density at radius 1 is 1.00 bits per heavy atom. The van der Waals surface area contributed by atoms with Gasteiger partial charge in [0.05, 0.1) is 0 Å². The van der Waals surface area contributed by atoms with Crippen LogP contribution in [0.5, 0.6) is 11.5 Å². The lowest BCUT2D eigenvalue weighted by atomic mass is 9.82. The number of nitrogens with zero attached hydrogens (tertiary/aromatic N) is 2. The van der Waals surface area contributed by atoms with Crippen molar-refractivity contribution in [1.82, 2.24) is 10.2 Å². The van der Waals surface area contributed by atoms with Crippen LogP contribution in [0.15, 0.2) is 42.5 Å². The quantitative estimate of drug-likeness (QED) is 0.422. The highest BCUT2D eigenvalue weighted by atomic mass is 16.6. The van der Waals surface area contributed by atoms with Gasteiger partial charge in [-0.15, -0.1) is 0 Å². The Balaban J connectivity index is 2.26. The Morgan fingerprint density at radius 3 is 2.11 bits per heavy atom. The van der Waals surface area contributed by atoms with Crippen LogP contribution in [0.1, 0.15) is 25.0 Å². The zero-order valence-corrected chi connectivity index (χ0v) is 19.4. The molecular formula is C23H24N4O8. The van der Waals surface area contributed by atoms with Crippen molar-refractivity contribution in [2.45, 2.75) is 32.5 Å². The van der Waals surface area contributed by atoms with Crippen LogP contribution in [0, 0.1) is 6.92 Å². The fraction of sp³-hybridized carbons (Fsp3) is 0.261. The van der Waals surface area contributed by atoms with Gasteiger partial charge in [-0.25, -0.2) is 9.59 Å². The van der Waals surface area contributed by atoms with E-state index >= 15 is 0 Å². The van der Waals surface area contributed by atoms with Crippen molar-refractivity contribution in [3.05, 3.63) is 53.6 Å². The Morgan fingerprint density at radius 2 is 1.57 bits per heavy atom. The third-order valence-electron chi connectivity index (χ3n) is 5.38. The molecule has 2 aromatic carbocycles. The highest BCUT2D eigenvalue weighted by Crippen LogP contribution is 2.39. The van der Waals surface area contributed by atoms with E-state index in [4.69, 9.17) is 15.2 Å². The minimum Gasteiger partial charge on any atom is -0.465 e. The van der Waals surface area contributed by atoms with Crippen LogP contribution in [0.3, 0.4) is 0 Å². The van der Waals surface area contributed by atoms with Gasteiger partial charge in [-0.2, -0.15) is 0 Å². The van der Waals surface area contributed by atoms with Gasteiger partial charge in [0.25, 0.3) is 5.91 Å². The SMILES string of the molecule is CC(=O)Oc1ccc(C2(NC(=O)O)C(=O)N(C)C(=O)N(c3ccc(C)cc3)C2N)cc1OC(C)=O. The Kier molecular flexibility index (Phi) is 6.78. The number of hydrogen-bond donors (Lipinski definition) is 3. The molecule has 2 unspecified atom stereocenters. The molecule has 0 aromatic heterocycles. The number of aryl methyl sites for hydroxylation is 1. The number of likely N-dealkylation sites (N-methyl/N-ethyl adjacent to an activating group) is 1. The van der Waals surface area contributed by atoms with Crippen LogP contribution in [0.25, 0.3) is 0 Å².